The lowest BCUT2D eigenvalue weighted by Crippen LogP contribution is -2.36. The van der Waals surface area contributed by atoms with Gasteiger partial charge in [0.05, 0.1) is 19.0 Å². The lowest BCUT2D eigenvalue weighted by Gasteiger charge is -2.28. The molecule has 2 rings (SSSR count). The summed E-state index contributed by atoms with van der Waals surface area (Å²) in [7, 11) is -3.15. The van der Waals surface area contributed by atoms with Crippen LogP contribution in [0, 0.1) is 0 Å². The normalized spacial score (nSPS) is 16.1. The van der Waals surface area contributed by atoms with Crippen molar-refractivity contribution >= 4 is 15.7 Å². The molecule has 1 aliphatic heterocycles. The second kappa shape index (κ2) is 7.77. The third-order valence-corrected chi connectivity index (χ3v) is 4.99. The number of morpholine rings is 1. The van der Waals surface area contributed by atoms with Crippen LogP contribution in [-0.4, -0.2) is 40.5 Å². The predicted octanol–water partition coefficient (Wildman–Crippen LogP) is 1.74. The van der Waals surface area contributed by atoms with Crippen molar-refractivity contribution in [1.82, 2.24) is 4.72 Å². The average molecular weight is 312 g/mol. The SMILES string of the molecule is CCCCS(=O)(=O)NCc1ccc(N2CCOCC2)cc1. The van der Waals surface area contributed by atoms with Crippen LogP contribution in [0.4, 0.5) is 5.69 Å². The first-order valence-electron chi connectivity index (χ1n) is 7.50. The summed E-state index contributed by atoms with van der Waals surface area (Å²) in [6, 6.07) is 8.04. The molecule has 1 fully saturated rings. The molecule has 0 radical (unpaired) electrons. The highest BCUT2D eigenvalue weighted by molar-refractivity contribution is 7.89. The molecular formula is C15H24N2O3S. The fraction of sp³-hybridized carbons (Fsp3) is 0.600. The molecule has 0 atom stereocenters. The molecule has 1 heterocycles. The first-order chi connectivity index (χ1) is 10.1. The minimum atomic E-state index is -3.15. The Balaban J connectivity index is 1.87. The number of hydrogen-bond acceptors (Lipinski definition) is 4. The van der Waals surface area contributed by atoms with E-state index in [-0.39, 0.29) is 5.75 Å². The van der Waals surface area contributed by atoms with E-state index in [9.17, 15) is 8.42 Å². The highest BCUT2D eigenvalue weighted by atomic mass is 32.2. The minimum absolute atomic E-state index is 0.204. The van der Waals surface area contributed by atoms with Crippen molar-refractivity contribution in [2.24, 2.45) is 0 Å². The van der Waals surface area contributed by atoms with Crippen LogP contribution in [0.1, 0.15) is 25.3 Å². The summed E-state index contributed by atoms with van der Waals surface area (Å²) < 4.78 is 31.5. The molecule has 0 aliphatic carbocycles. The molecule has 0 saturated carbocycles. The molecule has 1 N–H and O–H groups in total. The van der Waals surface area contributed by atoms with Gasteiger partial charge in [0.1, 0.15) is 0 Å². The Hall–Kier alpha value is -1.11. The molecular weight excluding hydrogens is 288 g/mol. The molecule has 5 nitrogen and oxygen atoms in total. The van der Waals surface area contributed by atoms with E-state index in [0.717, 1.165) is 44.0 Å². The number of hydrogen-bond donors (Lipinski definition) is 1. The van der Waals surface area contributed by atoms with Gasteiger partial charge in [-0.3, -0.25) is 0 Å². The molecule has 0 amide bonds. The summed E-state index contributed by atoms with van der Waals surface area (Å²) >= 11 is 0. The van der Waals surface area contributed by atoms with Crippen LogP contribution in [-0.2, 0) is 21.3 Å². The van der Waals surface area contributed by atoms with Gasteiger partial charge in [0, 0.05) is 25.3 Å². The van der Waals surface area contributed by atoms with Crippen LogP contribution in [0.3, 0.4) is 0 Å². The molecule has 118 valence electrons. The van der Waals surface area contributed by atoms with Crippen molar-refractivity contribution in [3.05, 3.63) is 29.8 Å². The predicted molar refractivity (Wildman–Crippen MR) is 85.0 cm³/mol. The molecule has 0 spiro atoms. The molecule has 1 saturated heterocycles. The number of unbranched alkanes of at least 4 members (excludes halogenated alkanes) is 1. The lowest BCUT2D eigenvalue weighted by atomic mass is 10.2. The van der Waals surface area contributed by atoms with E-state index in [1.807, 2.05) is 31.2 Å². The number of nitrogens with zero attached hydrogens (tertiary/aromatic N) is 1. The van der Waals surface area contributed by atoms with E-state index in [2.05, 4.69) is 9.62 Å². The molecule has 21 heavy (non-hydrogen) atoms. The molecule has 1 aromatic carbocycles. The summed E-state index contributed by atoms with van der Waals surface area (Å²) in [5, 5.41) is 0. The summed E-state index contributed by atoms with van der Waals surface area (Å²) in [5.41, 5.74) is 2.14. The number of nitrogens with one attached hydrogen (secondary N) is 1. The van der Waals surface area contributed by atoms with Crippen LogP contribution < -0.4 is 9.62 Å². The van der Waals surface area contributed by atoms with Crippen molar-refractivity contribution in [2.75, 3.05) is 37.0 Å². The number of sulfonamides is 1. The Labute approximate surface area is 127 Å². The smallest absolute Gasteiger partial charge is 0.211 e. The van der Waals surface area contributed by atoms with Gasteiger partial charge in [-0.2, -0.15) is 0 Å². The van der Waals surface area contributed by atoms with Gasteiger partial charge in [0.15, 0.2) is 0 Å². The van der Waals surface area contributed by atoms with E-state index in [4.69, 9.17) is 4.74 Å². The zero-order valence-corrected chi connectivity index (χ0v) is 13.4. The van der Waals surface area contributed by atoms with E-state index in [0.29, 0.717) is 13.0 Å². The van der Waals surface area contributed by atoms with Gasteiger partial charge in [-0.1, -0.05) is 25.5 Å². The van der Waals surface area contributed by atoms with Crippen molar-refractivity contribution < 1.29 is 13.2 Å². The quantitative estimate of drug-likeness (QED) is 0.833. The minimum Gasteiger partial charge on any atom is -0.378 e. The van der Waals surface area contributed by atoms with Gasteiger partial charge in [0.25, 0.3) is 0 Å². The highest BCUT2D eigenvalue weighted by Gasteiger charge is 2.12. The summed E-state index contributed by atoms with van der Waals surface area (Å²) in [6.45, 7) is 5.68. The lowest BCUT2D eigenvalue weighted by molar-refractivity contribution is 0.122. The average Bonchev–Trinajstić information content (AvgIpc) is 2.53. The summed E-state index contributed by atoms with van der Waals surface area (Å²) in [6.07, 6.45) is 1.58. The monoisotopic (exact) mass is 312 g/mol. The van der Waals surface area contributed by atoms with Crippen molar-refractivity contribution in [1.29, 1.82) is 0 Å². The Bertz CT molecular complexity index is 522. The van der Waals surface area contributed by atoms with Crippen molar-refractivity contribution in [2.45, 2.75) is 26.3 Å². The van der Waals surface area contributed by atoms with Crippen LogP contribution in [0.15, 0.2) is 24.3 Å². The topological polar surface area (TPSA) is 58.6 Å². The number of rotatable bonds is 7. The molecule has 1 aliphatic rings. The number of anilines is 1. The second-order valence-corrected chi connectivity index (χ2v) is 7.19. The van der Waals surface area contributed by atoms with Crippen LogP contribution in [0.2, 0.25) is 0 Å². The van der Waals surface area contributed by atoms with Crippen molar-refractivity contribution in [3.8, 4) is 0 Å². The third-order valence-electron chi connectivity index (χ3n) is 3.58. The molecule has 6 heteroatoms. The maximum Gasteiger partial charge on any atom is 0.211 e. The first-order valence-corrected chi connectivity index (χ1v) is 9.15. The van der Waals surface area contributed by atoms with Crippen LogP contribution in [0.5, 0.6) is 0 Å². The van der Waals surface area contributed by atoms with Crippen LogP contribution >= 0.6 is 0 Å². The van der Waals surface area contributed by atoms with Gasteiger partial charge < -0.3 is 9.64 Å². The highest BCUT2D eigenvalue weighted by Crippen LogP contribution is 2.16. The summed E-state index contributed by atoms with van der Waals surface area (Å²) in [5.74, 6) is 0.204. The zero-order valence-electron chi connectivity index (χ0n) is 12.5. The fourth-order valence-electron chi connectivity index (χ4n) is 2.25. The Morgan fingerprint density at radius 1 is 1.19 bits per heavy atom. The standard InChI is InChI=1S/C15H24N2O3S/c1-2-3-12-21(18,19)16-13-14-4-6-15(7-5-14)17-8-10-20-11-9-17/h4-7,16H,2-3,8-13H2,1H3. The molecule has 1 aromatic rings. The van der Waals surface area contributed by atoms with Crippen molar-refractivity contribution in [3.63, 3.8) is 0 Å². The maximum atomic E-state index is 11.7. The maximum absolute atomic E-state index is 11.7. The Morgan fingerprint density at radius 3 is 2.48 bits per heavy atom. The molecule has 0 bridgehead atoms. The van der Waals surface area contributed by atoms with E-state index < -0.39 is 10.0 Å². The number of ether oxygens (including phenoxy) is 1. The van der Waals surface area contributed by atoms with Gasteiger partial charge in [0.2, 0.25) is 10.0 Å². The van der Waals surface area contributed by atoms with E-state index in [1.54, 1.807) is 0 Å². The zero-order chi connectivity index (χ0) is 15.1. The van der Waals surface area contributed by atoms with Gasteiger partial charge >= 0.3 is 0 Å². The summed E-state index contributed by atoms with van der Waals surface area (Å²) in [4.78, 5) is 2.28. The second-order valence-electron chi connectivity index (χ2n) is 5.26. The van der Waals surface area contributed by atoms with Gasteiger partial charge in [-0.25, -0.2) is 13.1 Å². The first kappa shape index (κ1) is 16.3. The molecule has 0 unspecified atom stereocenters. The van der Waals surface area contributed by atoms with Gasteiger partial charge in [-0.05, 0) is 24.1 Å². The fourth-order valence-corrected chi connectivity index (χ4v) is 3.45. The third kappa shape index (κ3) is 5.30. The number of benzene rings is 1. The van der Waals surface area contributed by atoms with E-state index in [1.165, 1.54) is 0 Å². The van der Waals surface area contributed by atoms with E-state index >= 15 is 0 Å². The largest absolute Gasteiger partial charge is 0.378 e. The molecule has 0 aromatic heterocycles. The Morgan fingerprint density at radius 2 is 1.86 bits per heavy atom. The van der Waals surface area contributed by atoms with Crippen LogP contribution in [0.25, 0.3) is 0 Å². The van der Waals surface area contributed by atoms with Gasteiger partial charge in [-0.15, -0.1) is 0 Å². The Kier molecular flexibility index (Phi) is 6.02.